The normalized spacial score (nSPS) is 17.0. The molecule has 1 aliphatic rings. The third kappa shape index (κ3) is 1.56. The monoisotopic (exact) mass is 222 g/mol. The summed E-state index contributed by atoms with van der Waals surface area (Å²) in [7, 11) is 1.34. The molecule has 1 aromatic carbocycles. The zero-order valence-corrected chi connectivity index (χ0v) is 8.32. The summed E-state index contributed by atoms with van der Waals surface area (Å²) in [5.41, 5.74) is 0.351. The van der Waals surface area contributed by atoms with Gasteiger partial charge in [-0.1, -0.05) is 0 Å². The summed E-state index contributed by atoms with van der Waals surface area (Å²) in [6, 6.07) is 3.49. The van der Waals surface area contributed by atoms with Gasteiger partial charge in [0.25, 0.3) is 0 Å². The van der Waals surface area contributed by atoms with Gasteiger partial charge in [0.2, 0.25) is 0 Å². The van der Waals surface area contributed by atoms with Crippen molar-refractivity contribution in [3.05, 3.63) is 41.4 Å². The molecule has 0 saturated heterocycles. The minimum atomic E-state index is -0.843. The van der Waals surface area contributed by atoms with Gasteiger partial charge < -0.3 is 9.47 Å². The summed E-state index contributed by atoms with van der Waals surface area (Å²) in [5, 5.41) is 0. The van der Waals surface area contributed by atoms with Crippen molar-refractivity contribution in [2.45, 2.75) is 0 Å². The van der Waals surface area contributed by atoms with Gasteiger partial charge in [-0.25, -0.2) is 14.0 Å². The predicted molar refractivity (Wildman–Crippen MR) is 51.8 cm³/mol. The Kier molecular flexibility index (Phi) is 2.44. The van der Waals surface area contributed by atoms with Crippen molar-refractivity contribution < 1.29 is 23.5 Å². The Balaban J connectivity index is 2.65. The molecule has 1 aromatic rings. The fourth-order valence-corrected chi connectivity index (χ4v) is 1.45. The van der Waals surface area contributed by atoms with Gasteiger partial charge in [0.05, 0.1) is 18.9 Å². The van der Waals surface area contributed by atoms with Crippen molar-refractivity contribution >= 4 is 17.5 Å². The lowest BCUT2D eigenvalue weighted by molar-refractivity contribution is -0.131. The molecule has 0 amide bonds. The maximum absolute atomic E-state index is 13.0. The third-order valence-electron chi connectivity index (χ3n) is 2.13. The highest BCUT2D eigenvalue weighted by molar-refractivity contribution is 6.25. The van der Waals surface area contributed by atoms with Crippen molar-refractivity contribution in [3.63, 3.8) is 0 Å². The molecule has 5 heteroatoms. The fraction of sp³-hybridized carbons (Fsp3) is 0.0909. The van der Waals surface area contributed by atoms with E-state index in [1.165, 1.54) is 13.2 Å². The first-order valence-corrected chi connectivity index (χ1v) is 4.43. The molecule has 0 atom stereocenters. The van der Waals surface area contributed by atoms with Gasteiger partial charge in [-0.2, -0.15) is 0 Å². The Morgan fingerprint density at radius 2 is 2.00 bits per heavy atom. The van der Waals surface area contributed by atoms with E-state index < -0.39 is 17.8 Å². The minimum Gasteiger partial charge on any atom is -0.503 e. The molecule has 1 aliphatic heterocycles. The summed E-state index contributed by atoms with van der Waals surface area (Å²) in [4.78, 5) is 22.7. The third-order valence-corrected chi connectivity index (χ3v) is 2.13. The molecule has 0 aliphatic carbocycles. The molecule has 2 rings (SSSR count). The Hall–Kier alpha value is -2.17. The van der Waals surface area contributed by atoms with Crippen molar-refractivity contribution in [1.29, 1.82) is 0 Å². The number of hydrogen-bond donors (Lipinski definition) is 0. The second-order valence-electron chi connectivity index (χ2n) is 3.13. The molecule has 4 nitrogen and oxygen atoms in total. The first kappa shape index (κ1) is 10.4. The van der Waals surface area contributed by atoms with Crippen molar-refractivity contribution in [1.82, 2.24) is 0 Å². The van der Waals surface area contributed by atoms with Gasteiger partial charge in [-0.05, 0) is 18.2 Å². The van der Waals surface area contributed by atoms with E-state index in [1.54, 1.807) is 0 Å². The van der Waals surface area contributed by atoms with Crippen LogP contribution < -0.4 is 0 Å². The number of esters is 2. The first-order valence-electron chi connectivity index (χ1n) is 4.43. The number of cyclic esters (lactones) is 2. The molecular weight excluding hydrogens is 215 g/mol. The quantitative estimate of drug-likeness (QED) is 0.313. The van der Waals surface area contributed by atoms with E-state index in [0.29, 0.717) is 0 Å². The van der Waals surface area contributed by atoms with Crippen molar-refractivity contribution in [2.75, 3.05) is 7.11 Å². The van der Waals surface area contributed by atoms with E-state index in [-0.39, 0.29) is 16.7 Å². The highest BCUT2D eigenvalue weighted by Gasteiger charge is 2.30. The Morgan fingerprint density at radius 3 is 2.69 bits per heavy atom. The van der Waals surface area contributed by atoms with Crippen LogP contribution in [0.25, 0.3) is 5.57 Å². The summed E-state index contributed by atoms with van der Waals surface area (Å²) < 4.78 is 22.2. The number of rotatable bonds is 1. The number of carbonyl (C=O) groups excluding carboxylic acids is 2. The number of methoxy groups -OCH3 is 1. The molecule has 16 heavy (non-hydrogen) atoms. The number of hydrogen-bond acceptors (Lipinski definition) is 4. The lowest BCUT2D eigenvalue weighted by Gasteiger charge is -2.16. The molecule has 0 spiro atoms. The van der Waals surface area contributed by atoms with E-state index in [2.05, 4.69) is 9.47 Å². The molecule has 0 bridgehead atoms. The largest absolute Gasteiger partial charge is 0.503 e. The second kappa shape index (κ2) is 3.77. The molecule has 0 aromatic heterocycles. The van der Waals surface area contributed by atoms with Crippen LogP contribution >= 0.6 is 0 Å². The summed E-state index contributed by atoms with van der Waals surface area (Å²) in [6.07, 6.45) is 1.12. The molecular formula is C11H7FO4. The average molecular weight is 222 g/mol. The van der Waals surface area contributed by atoms with Crippen LogP contribution in [0.5, 0.6) is 0 Å². The van der Waals surface area contributed by atoms with Gasteiger partial charge >= 0.3 is 11.9 Å². The second-order valence-corrected chi connectivity index (χ2v) is 3.13. The maximum atomic E-state index is 13.0. The number of halogens is 1. The molecule has 0 N–H and O–H groups in total. The average Bonchev–Trinajstić information content (AvgIpc) is 2.23. The van der Waals surface area contributed by atoms with E-state index >= 15 is 0 Å². The Bertz CT molecular complexity index is 505. The first-order chi connectivity index (χ1) is 7.63. The van der Waals surface area contributed by atoms with Gasteiger partial charge in [0.15, 0.2) is 0 Å². The Labute approximate surface area is 90.3 Å². The predicted octanol–water partition coefficient (Wildman–Crippen LogP) is 1.51. The molecule has 0 saturated carbocycles. The summed E-state index contributed by atoms with van der Waals surface area (Å²) in [5.74, 6) is -2.17. The van der Waals surface area contributed by atoms with Gasteiger partial charge in [0, 0.05) is 5.56 Å². The number of ether oxygens (including phenoxy) is 2. The van der Waals surface area contributed by atoms with Crippen LogP contribution in [0.15, 0.2) is 24.5 Å². The van der Waals surface area contributed by atoms with E-state index in [0.717, 1.165) is 18.4 Å². The van der Waals surface area contributed by atoms with Crippen LogP contribution in [0.3, 0.4) is 0 Å². The van der Waals surface area contributed by atoms with Crippen LogP contribution in [0, 0.1) is 5.82 Å². The van der Waals surface area contributed by atoms with Crippen molar-refractivity contribution in [3.8, 4) is 0 Å². The number of benzene rings is 1. The molecule has 1 heterocycles. The van der Waals surface area contributed by atoms with Crippen LogP contribution in [0.1, 0.15) is 15.9 Å². The number of fused-ring (bicyclic) bond motifs is 1. The number of carbonyl (C=O) groups is 2. The van der Waals surface area contributed by atoms with E-state index in [4.69, 9.17) is 0 Å². The van der Waals surface area contributed by atoms with Gasteiger partial charge in [-0.3, -0.25) is 0 Å². The van der Waals surface area contributed by atoms with E-state index in [9.17, 15) is 14.0 Å². The van der Waals surface area contributed by atoms with Gasteiger partial charge in [-0.15, -0.1) is 0 Å². The summed E-state index contributed by atoms with van der Waals surface area (Å²) >= 11 is 0. The smallest absolute Gasteiger partial charge is 0.349 e. The van der Waals surface area contributed by atoms with Crippen LogP contribution in [0.4, 0.5) is 4.39 Å². The standard InChI is InChI=1S/C11H7FO4/c1-15-5-9-8-4-6(12)2-3-7(8)10(13)16-11(9)14/h2-5H,1H3. The zero-order chi connectivity index (χ0) is 11.7. The Morgan fingerprint density at radius 1 is 1.25 bits per heavy atom. The minimum absolute atomic E-state index is 0.0246. The van der Waals surface area contributed by atoms with E-state index in [1.807, 2.05) is 0 Å². The lowest BCUT2D eigenvalue weighted by Crippen LogP contribution is -2.22. The lowest BCUT2D eigenvalue weighted by atomic mass is 9.98. The topological polar surface area (TPSA) is 52.6 Å². The molecule has 0 unspecified atom stereocenters. The van der Waals surface area contributed by atoms with Gasteiger partial charge in [0.1, 0.15) is 11.4 Å². The van der Waals surface area contributed by atoms with Crippen LogP contribution in [-0.2, 0) is 14.3 Å². The van der Waals surface area contributed by atoms with Crippen LogP contribution in [-0.4, -0.2) is 19.0 Å². The summed E-state index contributed by atoms with van der Waals surface area (Å²) in [6.45, 7) is 0. The maximum Gasteiger partial charge on any atom is 0.349 e. The molecule has 0 fully saturated rings. The van der Waals surface area contributed by atoms with Crippen molar-refractivity contribution in [2.24, 2.45) is 0 Å². The molecule has 0 radical (unpaired) electrons. The molecule has 82 valence electrons. The zero-order valence-electron chi connectivity index (χ0n) is 8.32. The van der Waals surface area contributed by atoms with Crippen LogP contribution in [0.2, 0.25) is 0 Å². The highest BCUT2D eigenvalue weighted by atomic mass is 19.1. The highest BCUT2D eigenvalue weighted by Crippen LogP contribution is 2.27. The SMILES string of the molecule is COC=C1C(=O)OC(=O)c2ccc(F)cc21. The fourth-order valence-electron chi connectivity index (χ4n) is 1.45.